The fourth-order valence-electron chi connectivity index (χ4n) is 1.44. The van der Waals surface area contributed by atoms with Crippen molar-refractivity contribution in [3.05, 3.63) is 21.3 Å². The van der Waals surface area contributed by atoms with E-state index in [1.165, 1.54) is 18.4 Å². The summed E-state index contributed by atoms with van der Waals surface area (Å²) < 4.78 is 5.52. The lowest BCUT2D eigenvalue weighted by Gasteiger charge is -2.11. The van der Waals surface area contributed by atoms with E-state index in [1.54, 1.807) is 0 Å². The lowest BCUT2D eigenvalue weighted by atomic mass is 10.0. The first-order valence-corrected chi connectivity index (χ1v) is 6.21. The van der Waals surface area contributed by atoms with Crippen molar-refractivity contribution in [2.45, 2.75) is 32.1 Å². The number of carbonyl (C=O) groups excluding carboxylic acids is 1. The Balaban J connectivity index is 2.76. The first-order chi connectivity index (χ1) is 7.19. The van der Waals surface area contributed by atoms with Gasteiger partial charge in [-0.15, -0.1) is 11.3 Å². The van der Waals surface area contributed by atoms with Crippen molar-refractivity contribution in [1.82, 2.24) is 0 Å². The maximum atomic E-state index is 11.6. The highest BCUT2D eigenvalue weighted by Crippen LogP contribution is 2.32. The number of rotatable bonds is 5. The Hall–Kier alpha value is -0.540. The van der Waals surface area contributed by atoms with Crippen LogP contribution in [0.1, 0.15) is 37.0 Å². The van der Waals surface area contributed by atoms with E-state index in [-0.39, 0.29) is 11.9 Å². The molecule has 15 heavy (non-hydrogen) atoms. The highest BCUT2D eigenvalue weighted by Gasteiger charge is 2.22. The summed E-state index contributed by atoms with van der Waals surface area (Å²) in [4.78, 5) is 12.6. The van der Waals surface area contributed by atoms with Crippen molar-refractivity contribution >= 4 is 28.9 Å². The first-order valence-electron chi connectivity index (χ1n) is 5.02. The van der Waals surface area contributed by atoms with Crippen LogP contribution in [0.15, 0.2) is 12.1 Å². The van der Waals surface area contributed by atoms with Gasteiger partial charge in [0.25, 0.3) is 0 Å². The summed E-state index contributed by atoms with van der Waals surface area (Å²) in [6.07, 6.45) is 2.93. The molecule has 0 bridgehead atoms. The quantitative estimate of drug-likeness (QED) is 0.738. The molecule has 0 amide bonds. The van der Waals surface area contributed by atoms with Crippen LogP contribution in [0, 0.1) is 0 Å². The van der Waals surface area contributed by atoms with Gasteiger partial charge in [-0.3, -0.25) is 4.79 Å². The Labute approximate surface area is 99.2 Å². The van der Waals surface area contributed by atoms with Crippen LogP contribution in [0.4, 0.5) is 0 Å². The van der Waals surface area contributed by atoms with E-state index >= 15 is 0 Å². The monoisotopic (exact) mass is 246 g/mol. The van der Waals surface area contributed by atoms with Crippen molar-refractivity contribution in [2.24, 2.45) is 0 Å². The van der Waals surface area contributed by atoms with Gasteiger partial charge in [-0.1, -0.05) is 31.4 Å². The molecule has 0 aliphatic rings. The van der Waals surface area contributed by atoms with Gasteiger partial charge in [-0.2, -0.15) is 0 Å². The van der Waals surface area contributed by atoms with Crippen LogP contribution in [0.5, 0.6) is 0 Å². The molecule has 1 heterocycles. The molecule has 0 N–H and O–H groups in total. The molecule has 0 saturated heterocycles. The maximum Gasteiger partial charge on any atom is 0.313 e. The number of esters is 1. The number of thiophene rings is 1. The fraction of sp³-hybridized carbons (Fsp3) is 0.545. The predicted molar refractivity (Wildman–Crippen MR) is 63.6 cm³/mol. The highest BCUT2D eigenvalue weighted by atomic mass is 35.5. The number of hydrogen-bond acceptors (Lipinski definition) is 3. The van der Waals surface area contributed by atoms with Crippen LogP contribution < -0.4 is 0 Å². The van der Waals surface area contributed by atoms with Gasteiger partial charge in [0.2, 0.25) is 0 Å². The van der Waals surface area contributed by atoms with Gasteiger partial charge in [-0.05, 0) is 18.6 Å². The van der Waals surface area contributed by atoms with Crippen LogP contribution in [0.2, 0.25) is 4.34 Å². The van der Waals surface area contributed by atoms with Gasteiger partial charge in [0.05, 0.1) is 17.4 Å². The highest BCUT2D eigenvalue weighted by molar-refractivity contribution is 7.16. The van der Waals surface area contributed by atoms with E-state index in [2.05, 4.69) is 6.92 Å². The Morgan fingerprint density at radius 3 is 2.80 bits per heavy atom. The minimum Gasteiger partial charge on any atom is -0.469 e. The minimum atomic E-state index is -0.165. The third kappa shape index (κ3) is 3.50. The average molecular weight is 247 g/mol. The number of carbonyl (C=O) groups is 1. The first kappa shape index (κ1) is 12.5. The van der Waals surface area contributed by atoms with E-state index < -0.39 is 0 Å². The molecule has 0 spiro atoms. The molecule has 0 saturated carbocycles. The standard InChI is InChI=1S/C11H15ClO2S/c1-3-4-5-8(11(13)14-2)9-6-7-10(12)15-9/h6-8H,3-5H2,1-2H3. The predicted octanol–water partition coefficient (Wildman–Crippen LogP) is 3.85. The molecule has 1 unspecified atom stereocenters. The summed E-state index contributed by atoms with van der Waals surface area (Å²) in [5, 5.41) is 0. The van der Waals surface area contributed by atoms with Gasteiger partial charge < -0.3 is 4.74 Å². The fourth-order valence-corrected chi connectivity index (χ4v) is 2.63. The van der Waals surface area contributed by atoms with Gasteiger partial charge in [0, 0.05) is 4.88 Å². The third-order valence-electron chi connectivity index (χ3n) is 2.27. The molecular formula is C11H15ClO2S. The molecule has 2 nitrogen and oxygen atoms in total. The van der Waals surface area contributed by atoms with Gasteiger partial charge >= 0.3 is 5.97 Å². The summed E-state index contributed by atoms with van der Waals surface area (Å²) in [7, 11) is 1.43. The molecule has 0 aliphatic carbocycles. The van der Waals surface area contributed by atoms with Gasteiger partial charge in [0.15, 0.2) is 0 Å². The Morgan fingerprint density at radius 2 is 2.33 bits per heavy atom. The lowest BCUT2D eigenvalue weighted by Crippen LogP contribution is -2.13. The smallest absolute Gasteiger partial charge is 0.313 e. The molecule has 0 aliphatic heterocycles. The van der Waals surface area contributed by atoms with Crippen LogP contribution >= 0.6 is 22.9 Å². The largest absolute Gasteiger partial charge is 0.469 e. The van der Waals surface area contributed by atoms with Crippen molar-refractivity contribution in [3.63, 3.8) is 0 Å². The minimum absolute atomic E-state index is 0.146. The number of unbranched alkanes of at least 4 members (excludes halogenated alkanes) is 1. The zero-order valence-electron chi connectivity index (χ0n) is 8.96. The maximum absolute atomic E-state index is 11.6. The van der Waals surface area contributed by atoms with E-state index in [4.69, 9.17) is 16.3 Å². The molecule has 1 rings (SSSR count). The second-order valence-corrected chi connectivity index (χ2v) is 5.11. The molecular weight excluding hydrogens is 232 g/mol. The zero-order valence-corrected chi connectivity index (χ0v) is 10.5. The van der Waals surface area contributed by atoms with E-state index in [1.807, 2.05) is 12.1 Å². The molecule has 1 aromatic heterocycles. The average Bonchev–Trinajstić information content (AvgIpc) is 2.65. The van der Waals surface area contributed by atoms with Gasteiger partial charge in [0.1, 0.15) is 0 Å². The Morgan fingerprint density at radius 1 is 1.60 bits per heavy atom. The lowest BCUT2D eigenvalue weighted by molar-refractivity contribution is -0.142. The van der Waals surface area contributed by atoms with Crippen molar-refractivity contribution in [1.29, 1.82) is 0 Å². The summed E-state index contributed by atoms with van der Waals surface area (Å²) in [5.41, 5.74) is 0. The van der Waals surface area contributed by atoms with Crippen LogP contribution in [0.25, 0.3) is 0 Å². The van der Waals surface area contributed by atoms with Crippen molar-refractivity contribution in [3.8, 4) is 0 Å². The second-order valence-electron chi connectivity index (χ2n) is 3.36. The summed E-state index contributed by atoms with van der Waals surface area (Å²) in [6.45, 7) is 2.11. The molecule has 0 fully saturated rings. The molecule has 1 aromatic rings. The van der Waals surface area contributed by atoms with Crippen LogP contribution in [-0.4, -0.2) is 13.1 Å². The molecule has 84 valence electrons. The van der Waals surface area contributed by atoms with Crippen LogP contribution in [-0.2, 0) is 9.53 Å². The Bertz CT molecular complexity index is 322. The molecule has 0 radical (unpaired) electrons. The topological polar surface area (TPSA) is 26.3 Å². The molecule has 4 heteroatoms. The summed E-state index contributed by atoms with van der Waals surface area (Å²) in [6, 6.07) is 3.73. The molecule has 1 atom stereocenters. The summed E-state index contributed by atoms with van der Waals surface area (Å²) >= 11 is 7.31. The van der Waals surface area contributed by atoms with Crippen LogP contribution in [0.3, 0.4) is 0 Å². The van der Waals surface area contributed by atoms with E-state index in [0.29, 0.717) is 0 Å². The summed E-state index contributed by atoms with van der Waals surface area (Å²) in [5.74, 6) is -0.311. The zero-order chi connectivity index (χ0) is 11.3. The SMILES string of the molecule is CCCCC(C(=O)OC)c1ccc(Cl)s1. The second kappa shape index (κ2) is 6.13. The number of halogens is 1. The number of ether oxygens (including phenoxy) is 1. The third-order valence-corrected chi connectivity index (χ3v) is 3.61. The number of hydrogen-bond donors (Lipinski definition) is 0. The van der Waals surface area contributed by atoms with E-state index in [9.17, 15) is 4.79 Å². The number of methoxy groups -OCH3 is 1. The normalized spacial score (nSPS) is 12.5. The van der Waals surface area contributed by atoms with E-state index in [0.717, 1.165) is 28.5 Å². The van der Waals surface area contributed by atoms with Crippen molar-refractivity contribution < 1.29 is 9.53 Å². The van der Waals surface area contributed by atoms with Gasteiger partial charge in [-0.25, -0.2) is 0 Å². The molecule has 0 aromatic carbocycles. The Kier molecular flexibility index (Phi) is 5.12. The van der Waals surface area contributed by atoms with Crippen molar-refractivity contribution in [2.75, 3.05) is 7.11 Å².